The van der Waals surface area contributed by atoms with E-state index >= 15 is 0 Å². The number of carbonyl (C=O) groups excluding carboxylic acids is 1. The molecule has 1 aliphatic carbocycles. The van der Waals surface area contributed by atoms with Crippen LogP contribution in [-0.4, -0.2) is 41.4 Å². The number of H-pyrrole nitrogens is 1. The molecule has 2 N–H and O–H groups in total. The van der Waals surface area contributed by atoms with Crippen LogP contribution < -0.4 is 14.8 Å². The van der Waals surface area contributed by atoms with Gasteiger partial charge < -0.3 is 19.7 Å². The van der Waals surface area contributed by atoms with Crippen molar-refractivity contribution < 1.29 is 14.3 Å². The summed E-state index contributed by atoms with van der Waals surface area (Å²) in [5, 5.41) is 10.3. The predicted molar refractivity (Wildman–Crippen MR) is 96.3 cm³/mol. The fraction of sp³-hybridized carbons (Fsp3) is 0.474. The maximum atomic E-state index is 12.7. The summed E-state index contributed by atoms with van der Waals surface area (Å²) in [7, 11) is 1.63. The highest BCUT2D eigenvalue weighted by Gasteiger charge is 2.26. The van der Waals surface area contributed by atoms with Crippen molar-refractivity contribution in [2.75, 3.05) is 20.3 Å². The van der Waals surface area contributed by atoms with Crippen LogP contribution >= 0.6 is 0 Å². The first-order chi connectivity index (χ1) is 12.7. The van der Waals surface area contributed by atoms with Gasteiger partial charge in [0.25, 0.3) is 0 Å². The number of hydrogen-bond donors (Lipinski definition) is 2. The molecule has 1 aliphatic heterocycles. The second kappa shape index (κ2) is 7.27. The minimum Gasteiger partial charge on any atom is -0.493 e. The van der Waals surface area contributed by atoms with Crippen LogP contribution in [0.5, 0.6) is 11.5 Å². The Hall–Kier alpha value is -2.70. The molecule has 2 aliphatic rings. The van der Waals surface area contributed by atoms with Crippen molar-refractivity contribution in [3.8, 4) is 11.5 Å². The number of nitrogens with one attached hydrogen (secondary N) is 2. The summed E-state index contributed by atoms with van der Waals surface area (Å²) in [5.74, 6) is 2.04. The van der Waals surface area contributed by atoms with Crippen LogP contribution in [0, 0.1) is 0 Å². The monoisotopic (exact) mass is 356 g/mol. The number of benzene rings is 1. The van der Waals surface area contributed by atoms with Crippen LogP contribution in [0.15, 0.2) is 24.3 Å². The van der Waals surface area contributed by atoms with Gasteiger partial charge in [-0.25, -0.2) is 4.79 Å². The number of urea groups is 1. The lowest BCUT2D eigenvalue weighted by molar-refractivity contribution is 0.179. The van der Waals surface area contributed by atoms with Crippen LogP contribution in [0.4, 0.5) is 4.79 Å². The van der Waals surface area contributed by atoms with Crippen molar-refractivity contribution in [1.82, 2.24) is 20.4 Å². The van der Waals surface area contributed by atoms with Gasteiger partial charge in [0, 0.05) is 18.0 Å². The minimum atomic E-state index is -0.0803. The Kier molecular flexibility index (Phi) is 4.69. The van der Waals surface area contributed by atoms with Gasteiger partial charge in [-0.1, -0.05) is 12.1 Å². The topological polar surface area (TPSA) is 79.5 Å². The highest BCUT2D eigenvalue weighted by atomic mass is 16.5. The number of para-hydroxylation sites is 1. The Bertz CT molecular complexity index is 785. The van der Waals surface area contributed by atoms with Gasteiger partial charge in [-0.3, -0.25) is 5.10 Å². The number of rotatable bonds is 4. The van der Waals surface area contributed by atoms with E-state index in [0.717, 1.165) is 29.1 Å². The highest BCUT2D eigenvalue weighted by molar-refractivity contribution is 5.74. The number of hydrogen-bond acceptors (Lipinski definition) is 4. The third kappa shape index (κ3) is 3.61. The van der Waals surface area contributed by atoms with Crippen LogP contribution in [0.3, 0.4) is 0 Å². The molecule has 4 rings (SSSR count). The number of carbonyl (C=O) groups is 1. The molecular formula is C19H24N4O3. The number of amides is 2. The van der Waals surface area contributed by atoms with Gasteiger partial charge in [0.15, 0.2) is 11.5 Å². The number of nitrogens with zero attached hydrogens (tertiary/aromatic N) is 2. The molecule has 0 bridgehead atoms. The number of ether oxygens (including phenoxy) is 2. The van der Waals surface area contributed by atoms with E-state index in [1.807, 2.05) is 23.1 Å². The summed E-state index contributed by atoms with van der Waals surface area (Å²) in [6.45, 7) is 2.16. The molecule has 7 heteroatoms. The molecule has 2 heterocycles. The third-order valence-corrected chi connectivity index (χ3v) is 4.82. The van der Waals surface area contributed by atoms with E-state index in [1.165, 1.54) is 12.8 Å². The first kappa shape index (κ1) is 16.8. The largest absolute Gasteiger partial charge is 0.493 e. The van der Waals surface area contributed by atoms with E-state index in [4.69, 9.17) is 9.47 Å². The van der Waals surface area contributed by atoms with Gasteiger partial charge in [-0.15, -0.1) is 0 Å². The van der Waals surface area contributed by atoms with E-state index in [-0.39, 0.29) is 6.03 Å². The van der Waals surface area contributed by atoms with E-state index in [2.05, 4.69) is 21.6 Å². The Labute approximate surface area is 152 Å². The number of aromatic amines is 1. The molecule has 1 saturated carbocycles. The van der Waals surface area contributed by atoms with Crippen molar-refractivity contribution in [2.45, 2.75) is 38.3 Å². The molecule has 2 aromatic rings. The Balaban J connectivity index is 1.41. The molecule has 7 nitrogen and oxygen atoms in total. The molecule has 2 amide bonds. The predicted octanol–water partition coefficient (Wildman–Crippen LogP) is 2.79. The Morgan fingerprint density at radius 3 is 3.15 bits per heavy atom. The van der Waals surface area contributed by atoms with Crippen LogP contribution in [0.2, 0.25) is 0 Å². The minimum absolute atomic E-state index is 0.0803. The van der Waals surface area contributed by atoms with E-state index in [9.17, 15) is 4.79 Å². The van der Waals surface area contributed by atoms with Crippen molar-refractivity contribution in [3.05, 3.63) is 41.2 Å². The Morgan fingerprint density at radius 1 is 1.46 bits per heavy atom. The molecule has 0 spiro atoms. The normalized spacial score (nSPS) is 16.9. The van der Waals surface area contributed by atoms with Gasteiger partial charge in [-0.2, -0.15) is 5.10 Å². The summed E-state index contributed by atoms with van der Waals surface area (Å²) in [4.78, 5) is 14.5. The summed E-state index contributed by atoms with van der Waals surface area (Å²) < 4.78 is 11.2. The fourth-order valence-electron chi connectivity index (χ4n) is 3.24. The molecule has 0 saturated heterocycles. The first-order valence-electron chi connectivity index (χ1n) is 9.10. The lowest BCUT2D eigenvalue weighted by Gasteiger charge is -2.27. The molecule has 0 unspecified atom stereocenters. The van der Waals surface area contributed by atoms with Crippen molar-refractivity contribution in [2.24, 2.45) is 0 Å². The van der Waals surface area contributed by atoms with E-state index in [1.54, 1.807) is 7.11 Å². The molecule has 0 radical (unpaired) electrons. The van der Waals surface area contributed by atoms with E-state index < -0.39 is 0 Å². The van der Waals surface area contributed by atoms with E-state index in [0.29, 0.717) is 37.9 Å². The quantitative estimate of drug-likeness (QED) is 0.883. The van der Waals surface area contributed by atoms with Gasteiger partial charge in [0.05, 0.1) is 38.2 Å². The summed E-state index contributed by atoms with van der Waals surface area (Å²) >= 11 is 0. The second-order valence-electron chi connectivity index (χ2n) is 6.82. The number of methoxy groups -OCH3 is 1. The van der Waals surface area contributed by atoms with Gasteiger partial charge >= 0.3 is 6.03 Å². The molecular weight excluding hydrogens is 332 g/mol. The molecule has 1 aromatic carbocycles. The average molecular weight is 356 g/mol. The first-order valence-corrected chi connectivity index (χ1v) is 9.10. The standard InChI is InChI=1S/C19H24N4O3/c1-25-17-5-2-4-14-12-23(8-3-9-26-18(14)17)19(24)20-11-15-10-16(22-21-15)13-6-7-13/h2,4-5,10,13H,3,6-9,11-12H2,1H3,(H,20,24)(H,21,22). The van der Waals surface area contributed by atoms with Crippen molar-refractivity contribution >= 4 is 6.03 Å². The highest BCUT2D eigenvalue weighted by Crippen LogP contribution is 2.39. The molecule has 0 atom stereocenters. The van der Waals surface area contributed by atoms with Crippen LogP contribution in [-0.2, 0) is 13.1 Å². The smallest absolute Gasteiger partial charge is 0.318 e. The lowest BCUT2D eigenvalue weighted by atomic mass is 10.1. The van der Waals surface area contributed by atoms with Gasteiger partial charge in [0.2, 0.25) is 0 Å². The average Bonchev–Trinajstić information content (AvgIpc) is 3.38. The second-order valence-corrected chi connectivity index (χ2v) is 6.82. The summed E-state index contributed by atoms with van der Waals surface area (Å²) in [5.41, 5.74) is 3.01. The molecule has 138 valence electrons. The third-order valence-electron chi connectivity index (χ3n) is 4.82. The summed E-state index contributed by atoms with van der Waals surface area (Å²) in [6, 6.07) is 7.74. The van der Waals surface area contributed by atoms with Gasteiger partial charge in [-0.05, 0) is 31.4 Å². The lowest BCUT2D eigenvalue weighted by Crippen LogP contribution is -2.41. The number of fused-ring (bicyclic) bond motifs is 1. The maximum Gasteiger partial charge on any atom is 0.318 e. The number of aromatic nitrogens is 2. The summed E-state index contributed by atoms with van der Waals surface area (Å²) in [6.07, 6.45) is 3.21. The molecule has 1 fully saturated rings. The Morgan fingerprint density at radius 2 is 2.35 bits per heavy atom. The van der Waals surface area contributed by atoms with Gasteiger partial charge in [0.1, 0.15) is 0 Å². The zero-order chi connectivity index (χ0) is 17.9. The zero-order valence-corrected chi connectivity index (χ0v) is 15.0. The fourth-order valence-corrected chi connectivity index (χ4v) is 3.24. The van der Waals surface area contributed by atoms with Crippen LogP contribution in [0.25, 0.3) is 0 Å². The van der Waals surface area contributed by atoms with Crippen molar-refractivity contribution in [3.63, 3.8) is 0 Å². The molecule has 26 heavy (non-hydrogen) atoms. The zero-order valence-electron chi connectivity index (χ0n) is 15.0. The van der Waals surface area contributed by atoms with Crippen LogP contribution in [0.1, 0.15) is 42.1 Å². The molecule has 1 aromatic heterocycles. The SMILES string of the molecule is COc1cccc2c1OCCCN(C(=O)NCc1cc(C3CC3)n[nH]1)C2. The van der Waals surface area contributed by atoms with Crippen molar-refractivity contribution in [1.29, 1.82) is 0 Å². The maximum absolute atomic E-state index is 12.7.